The van der Waals surface area contributed by atoms with Gasteiger partial charge in [-0.3, -0.25) is 10.1 Å². The van der Waals surface area contributed by atoms with Crippen LogP contribution in [0.3, 0.4) is 0 Å². The molecular weight excluding hydrogens is 271 g/mol. The topological polar surface area (TPSA) is 49.4 Å². The van der Waals surface area contributed by atoms with Crippen molar-refractivity contribution in [3.63, 3.8) is 0 Å². The van der Waals surface area contributed by atoms with Crippen LogP contribution in [-0.2, 0) is 11.3 Å². The predicted octanol–water partition coefficient (Wildman–Crippen LogP) is 2.89. The van der Waals surface area contributed by atoms with E-state index in [2.05, 4.69) is 5.32 Å². The van der Waals surface area contributed by atoms with Crippen molar-refractivity contribution in [2.75, 3.05) is 0 Å². The predicted molar refractivity (Wildman–Crippen MR) is 76.0 cm³/mol. The van der Waals surface area contributed by atoms with Crippen molar-refractivity contribution >= 4 is 11.9 Å². The average molecular weight is 290 g/mol. The van der Waals surface area contributed by atoms with Crippen LogP contribution in [0.4, 0.5) is 9.18 Å². The fourth-order valence-corrected chi connectivity index (χ4v) is 3.46. The summed E-state index contributed by atoms with van der Waals surface area (Å²) in [5, 5.41) is 2.45. The Balaban J connectivity index is 1.91. The summed E-state index contributed by atoms with van der Waals surface area (Å²) in [6.45, 7) is 2.17. The summed E-state index contributed by atoms with van der Waals surface area (Å²) in [5.74, 6) is -0.461. The van der Waals surface area contributed by atoms with Crippen molar-refractivity contribution in [3.8, 4) is 0 Å². The molecule has 0 unspecified atom stereocenters. The highest BCUT2D eigenvalue weighted by Gasteiger charge is 2.52. The monoisotopic (exact) mass is 290 g/mol. The SMILES string of the molecule is Cc1cc(F)ccc1CN1C(=O)NC(=O)C12CCCCC2. The maximum Gasteiger partial charge on any atom is 0.325 e. The summed E-state index contributed by atoms with van der Waals surface area (Å²) in [7, 11) is 0. The van der Waals surface area contributed by atoms with Gasteiger partial charge in [0.15, 0.2) is 0 Å². The highest BCUT2D eigenvalue weighted by Crippen LogP contribution is 2.38. The van der Waals surface area contributed by atoms with Gasteiger partial charge in [0.1, 0.15) is 11.4 Å². The molecule has 2 fully saturated rings. The normalized spacial score (nSPS) is 21.0. The highest BCUT2D eigenvalue weighted by molar-refractivity contribution is 6.07. The molecule has 1 aliphatic heterocycles. The zero-order chi connectivity index (χ0) is 15.0. The minimum Gasteiger partial charge on any atom is -0.305 e. The zero-order valence-electron chi connectivity index (χ0n) is 12.1. The number of hydrogen-bond acceptors (Lipinski definition) is 2. The lowest BCUT2D eigenvalue weighted by Crippen LogP contribution is -2.50. The molecule has 5 heteroatoms. The summed E-state index contributed by atoms with van der Waals surface area (Å²) in [4.78, 5) is 26.1. The quantitative estimate of drug-likeness (QED) is 0.851. The largest absolute Gasteiger partial charge is 0.325 e. The Kier molecular flexibility index (Phi) is 3.43. The van der Waals surface area contributed by atoms with Crippen LogP contribution in [0.2, 0.25) is 0 Å². The fraction of sp³-hybridized carbons (Fsp3) is 0.500. The Hall–Kier alpha value is -1.91. The van der Waals surface area contributed by atoms with E-state index < -0.39 is 5.54 Å². The number of nitrogens with one attached hydrogen (secondary N) is 1. The molecule has 1 spiro atoms. The van der Waals surface area contributed by atoms with Crippen LogP contribution >= 0.6 is 0 Å². The molecule has 0 bridgehead atoms. The summed E-state index contributed by atoms with van der Waals surface area (Å²) in [6.07, 6.45) is 4.45. The van der Waals surface area contributed by atoms with Crippen LogP contribution in [-0.4, -0.2) is 22.4 Å². The summed E-state index contributed by atoms with van der Waals surface area (Å²) < 4.78 is 13.2. The van der Waals surface area contributed by atoms with Crippen LogP contribution in [0, 0.1) is 12.7 Å². The Morgan fingerprint density at radius 2 is 1.95 bits per heavy atom. The molecule has 1 heterocycles. The van der Waals surface area contributed by atoms with Crippen molar-refractivity contribution in [3.05, 3.63) is 35.1 Å². The molecule has 21 heavy (non-hydrogen) atoms. The van der Waals surface area contributed by atoms with Gasteiger partial charge >= 0.3 is 6.03 Å². The highest BCUT2D eigenvalue weighted by atomic mass is 19.1. The minimum absolute atomic E-state index is 0.174. The number of nitrogens with zero attached hydrogens (tertiary/aromatic N) is 1. The second-order valence-corrected chi connectivity index (χ2v) is 6.01. The molecule has 3 rings (SSSR count). The second kappa shape index (κ2) is 5.13. The van der Waals surface area contributed by atoms with Crippen molar-refractivity contribution in [2.45, 2.75) is 51.1 Å². The Bertz CT molecular complexity index is 594. The number of urea groups is 1. The van der Waals surface area contributed by atoms with Gasteiger partial charge in [0.05, 0.1) is 0 Å². The molecule has 1 saturated heterocycles. The average Bonchev–Trinajstić information content (AvgIpc) is 2.67. The van der Waals surface area contributed by atoms with Crippen LogP contribution in [0.15, 0.2) is 18.2 Å². The van der Waals surface area contributed by atoms with Gasteiger partial charge in [0.25, 0.3) is 5.91 Å². The third-order valence-electron chi connectivity index (χ3n) is 4.72. The molecule has 0 atom stereocenters. The molecule has 1 saturated carbocycles. The lowest BCUT2D eigenvalue weighted by atomic mass is 9.80. The van der Waals surface area contributed by atoms with Crippen LogP contribution in [0.5, 0.6) is 0 Å². The second-order valence-electron chi connectivity index (χ2n) is 6.01. The van der Waals surface area contributed by atoms with E-state index in [1.165, 1.54) is 12.1 Å². The van der Waals surface area contributed by atoms with Crippen molar-refractivity contribution in [1.29, 1.82) is 0 Å². The smallest absolute Gasteiger partial charge is 0.305 e. The molecule has 4 nitrogen and oxygen atoms in total. The number of halogens is 1. The third-order valence-corrected chi connectivity index (χ3v) is 4.72. The Morgan fingerprint density at radius 3 is 2.62 bits per heavy atom. The maximum atomic E-state index is 13.2. The van der Waals surface area contributed by atoms with Crippen LogP contribution in [0.1, 0.15) is 43.2 Å². The molecule has 1 N–H and O–H groups in total. The lowest BCUT2D eigenvalue weighted by Gasteiger charge is -2.38. The summed E-state index contributed by atoms with van der Waals surface area (Å²) in [6, 6.07) is 4.22. The van der Waals surface area contributed by atoms with Crippen LogP contribution in [0.25, 0.3) is 0 Å². The number of hydrogen-bond donors (Lipinski definition) is 1. The standard InChI is InChI=1S/C16H19FN2O2/c1-11-9-13(17)6-5-12(11)10-19-15(21)18-14(20)16(19)7-3-2-4-8-16/h5-6,9H,2-4,7-8,10H2,1H3,(H,18,20,21). The number of carbonyl (C=O) groups excluding carboxylic acids is 2. The van der Waals surface area contributed by atoms with Gasteiger partial charge < -0.3 is 4.90 Å². The lowest BCUT2D eigenvalue weighted by molar-refractivity contribution is -0.128. The number of amides is 3. The number of rotatable bonds is 2. The first-order valence-corrected chi connectivity index (χ1v) is 7.41. The number of imide groups is 1. The molecule has 3 amide bonds. The van der Waals surface area contributed by atoms with Gasteiger partial charge in [-0.25, -0.2) is 9.18 Å². The van der Waals surface area contributed by atoms with Gasteiger partial charge in [-0.2, -0.15) is 0 Å². The molecule has 1 aliphatic carbocycles. The number of aryl methyl sites for hydroxylation is 1. The maximum absolute atomic E-state index is 13.2. The summed E-state index contributed by atoms with van der Waals surface area (Å²) in [5.41, 5.74) is 0.982. The fourth-order valence-electron chi connectivity index (χ4n) is 3.46. The van der Waals surface area contributed by atoms with E-state index in [1.54, 1.807) is 11.0 Å². The van der Waals surface area contributed by atoms with E-state index in [-0.39, 0.29) is 17.8 Å². The van der Waals surface area contributed by atoms with Gasteiger partial charge in [0, 0.05) is 6.54 Å². The molecule has 112 valence electrons. The number of benzene rings is 1. The van der Waals surface area contributed by atoms with Crippen molar-refractivity contribution in [1.82, 2.24) is 10.2 Å². The van der Waals surface area contributed by atoms with Crippen molar-refractivity contribution < 1.29 is 14.0 Å². The molecule has 1 aromatic rings. The van der Waals surface area contributed by atoms with E-state index in [0.717, 1.165) is 30.4 Å². The van der Waals surface area contributed by atoms with E-state index in [0.29, 0.717) is 19.4 Å². The number of carbonyl (C=O) groups is 2. The molecular formula is C16H19FN2O2. The van der Waals surface area contributed by atoms with Gasteiger partial charge in [0.2, 0.25) is 0 Å². The minimum atomic E-state index is -0.698. The van der Waals surface area contributed by atoms with Crippen LogP contribution < -0.4 is 5.32 Å². The van der Waals surface area contributed by atoms with Gasteiger partial charge in [-0.05, 0) is 43.0 Å². The first-order valence-electron chi connectivity index (χ1n) is 7.41. The zero-order valence-corrected chi connectivity index (χ0v) is 12.1. The van der Waals surface area contributed by atoms with Gasteiger partial charge in [-0.15, -0.1) is 0 Å². The molecule has 2 aliphatic rings. The Morgan fingerprint density at radius 1 is 1.24 bits per heavy atom. The molecule has 0 aromatic heterocycles. The molecule has 0 radical (unpaired) electrons. The first kappa shape index (κ1) is 14.0. The molecule has 1 aromatic carbocycles. The third kappa shape index (κ3) is 2.30. The Labute approximate surface area is 123 Å². The summed E-state index contributed by atoms with van der Waals surface area (Å²) >= 11 is 0. The van der Waals surface area contributed by atoms with E-state index in [1.807, 2.05) is 6.92 Å². The van der Waals surface area contributed by atoms with Gasteiger partial charge in [-0.1, -0.05) is 25.3 Å². The van der Waals surface area contributed by atoms with E-state index in [4.69, 9.17) is 0 Å². The first-order chi connectivity index (χ1) is 10.0. The van der Waals surface area contributed by atoms with E-state index >= 15 is 0 Å². The van der Waals surface area contributed by atoms with E-state index in [9.17, 15) is 14.0 Å². The van der Waals surface area contributed by atoms with Crippen molar-refractivity contribution in [2.24, 2.45) is 0 Å².